The Kier molecular flexibility index (Phi) is 5.15. The van der Waals surface area contributed by atoms with E-state index in [1.165, 1.54) is 0 Å². The summed E-state index contributed by atoms with van der Waals surface area (Å²) in [6.45, 7) is 0.623. The van der Waals surface area contributed by atoms with Gasteiger partial charge in [0, 0.05) is 22.3 Å². The van der Waals surface area contributed by atoms with Crippen LogP contribution in [0.3, 0.4) is 0 Å². The number of rotatable bonds is 5. The molecule has 5 heteroatoms. The van der Waals surface area contributed by atoms with Crippen LogP contribution in [0.15, 0.2) is 40.9 Å². The number of halogens is 2. The zero-order chi connectivity index (χ0) is 14.5. The quantitative estimate of drug-likeness (QED) is 0.840. The second-order valence-corrected chi connectivity index (χ2v) is 5.40. The molecule has 0 spiro atoms. The van der Waals surface area contributed by atoms with Gasteiger partial charge in [-0.05, 0) is 40.2 Å². The molecule has 1 N–H and O–H groups in total. The molecule has 20 heavy (non-hydrogen) atoms. The standard InChI is InChI=1S/C15H15BrClNO2/c1-19-14-5-3-4-10(15(14)20-2)9-18-11-6-7-12(16)13(17)8-11/h3-8,18H,9H2,1-2H3. The molecule has 0 saturated carbocycles. The summed E-state index contributed by atoms with van der Waals surface area (Å²) < 4.78 is 11.6. The third kappa shape index (κ3) is 3.38. The van der Waals surface area contributed by atoms with E-state index in [2.05, 4.69) is 21.2 Å². The lowest BCUT2D eigenvalue weighted by Crippen LogP contribution is -2.03. The molecule has 0 atom stereocenters. The Morgan fingerprint density at radius 2 is 1.95 bits per heavy atom. The molecule has 0 saturated heterocycles. The summed E-state index contributed by atoms with van der Waals surface area (Å²) in [5.74, 6) is 1.46. The fraction of sp³-hybridized carbons (Fsp3) is 0.200. The molecule has 0 radical (unpaired) electrons. The van der Waals surface area contributed by atoms with Gasteiger partial charge in [0.25, 0.3) is 0 Å². The highest BCUT2D eigenvalue weighted by Gasteiger charge is 2.09. The molecule has 0 heterocycles. The molecule has 3 nitrogen and oxygen atoms in total. The largest absolute Gasteiger partial charge is 0.493 e. The SMILES string of the molecule is COc1cccc(CNc2ccc(Br)c(Cl)c2)c1OC. The van der Waals surface area contributed by atoms with Crippen LogP contribution >= 0.6 is 27.5 Å². The normalized spacial score (nSPS) is 10.2. The predicted molar refractivity (Wildman–Crippen MR) is 86.0 cm³/mol. The molecule has 0 aromatic heterocycles. The van der Waals surface area contributed by atoms with Gasteiger partial charge in [-0.3, -0.25) is 0 Å². The van der Waals surface area contributed by atoms with Crippen LogP contribution in [0.4, 0.5) is 5.69 Å². The van der Waals surface area contributed by atoms with Crippen molar-refractivity contribution >= 4 is 33.2 Å². The van der Waals surface area contributed by atoms with E-state index >= 15 is 0 Å². The number of hydrogen-bond acceptors (Lipinski definition) is 3. The molecule has 0 unspecified atom stereocenters. The first kappa shape index (κ1) is 15.0. The second kappa shape index (κ2) is 6.86. The van der Waals surface area contributed by atoms with Gasteiger partial charge in [-0.2, -0.15) is 0 Å². The molecule has 2 aromatic carbocycles. The highest BCUT2D eigenvalue weighted by molar-refractivity contribution is 9.10. The Bertz CT molecular complexity index is 604. The lowest BCUT2D eigenvalue weighted by Gasteiger charge is -2.14. The van der Waals surface area contributed by atoms with Crippen LogP contribution in [0.1, 0.15) is 5.56 Å². The van der Waals surface area contributed by atoms with E-state index in [0.29, 0.717) is 11.6 Å². The van der Waals surface area contributed by atoms with Gasteiger partial charge in [-0.1, -0.05) is 23.7 Å². The first-order valence-corrected chi connectivity index (χ1v) is 7.21. The lowest BCUT2D eigenvalue weighted by molar-refractivity contribution is 0.352. The molecule has 2 rings (SSSR count). The Morgan fingerprint density at radius 1 is 1.15 bits per heavy atom. The van der Waals surface area contributed by atoms with Gasteiger partial charge in [-0.25, -0.2) is 0 Å². The minimum Gasteiger partial charge on any atom is -0.493 e. The number of methoxy groups -OCH3 is 2. The maximum atomic E-state index is 6.07. The Morgan fingerprint density at radius 3 is 2.60 bits per heavy atom. The average Bonchev–Trinajstić information content (AvgIpc) is 2.47. The number of nitrogens with one attached hydrogen (secondary N) is 1. The first-order chi connectivity index (χ1) is 9.65. The summed E-state index contributed by atoms with van der Waals surface area (Å²) in [5.41, 5.74) is 1.97. The maximum absolute atomic E-state index is 6.07. The minimum absolute atomic E-state index is 0.623. The molecular weight excluding hydrogens is 342 g/mol. The summed E-state index contributed by atoms with van der Waals surface area (Å²) in [6, 6.07) is 11.6. The Labute approximate surface area is 132 Å². The van der Waals surface area contributed by atoms with E-state index in [1.807, 2.05) is 36.4 Å². The summed E-state index contributed by atoms with van der Waals surface area (Å²) in [6.07, 6.45) is 0. The maximum Gasteiger partial charge on any atom is 0.165 e. The predicted octanol–water partition coefficient (Wildman–Crippen LogP) is 4.73. The molecular formula is C15H15BrClNO2. The van der Waals surface area contributed by atoms with Crippen LogP contribution in [0, 0.1) is 0 Å². The van der Waals surface area contributed by atoms with Gasteiger partial charge in [0.2, 0.25) is 0 Å². The monoisotopic (exact) mass is 355 g/mol. The molecule has 0 amide bonds. The van der Waals surface area contributed by atoms with E-state index in [9.17, 15) is 0 Å². The highest BCUT2D eigenvalue weighted by atomic mass is 79.9. The number of hydrogen-bond donors (Lipinski definition) is 1. The van der Waals surface area contributed by atoms with Crippen molar-refractivity contribution in [2.45, 2.75) is 6.54 Å². The summed E-state index contributed by atoms with van der Waals surface area (Å²) >= 11 is 9.44. The third-order valence-corrected chi connectivity index (χ3v) is 4.12. The third-order valence-electron chi connectivity index (χ3n) is 2.89. The number of anilines is 1. The summed E-state index contributed by atoms with van der Waals surface area (Å²) in [4.78, 5) is 0. The lowest BCUT2D eigenvalue weighted by atomic mass is 10.1. The minimum atomic E-state index is 0.623. The topological polar surface area (TPSA) is 30.5 Å². The van der Waals surface area contributed by atoms with Gasteiger partial charge in [0.05, 0.1) is 19.2 Å². The molecule has 106 valence electrons. The zero-order valence-corrected chi connectivity index (χ0v) is 13.6. The van der Waals surface area contributed by atoms with Crippen LogP contribution in [0.25, 0.3) is 0 Å². The fourth-order valence-electron chi connectivity index (χ4n) is 1.90. The van der Waals surface area contributed by atoms with Gasteiger partial charge < -0.3 is 14.8 Å². The van der Waals surface area contributed by atoms with Crippen LogP contribution in [-0.2, 0) is 6.54 Å². The van der Waals surface area contributed by atoms with Gasteiger partial charge in [0.1, 0.15) is 0 Å². The summed E-state index contributed by atoms with van der Waals surface area (Å²) in [7, 11) is 3.27. The molecule has 0 bridgehead atoms. The molecule has 0 aliphatic rings. The fourth-order valence-corrected chi connectivity index (χ4v) is 2.32. The van der Waals surface area contributed by atoms with E-state index in [0.717, 1.165) is 27.2 Å². The van der Waals surface area contributed by atoms with Gasteiger partial charge in [0.15, 0.2) is 11.5 Å². The van der Waals surface area contributed by atoms with Crippen molar-refractivity contribution < 1.29 is 9.47 Å². The van der Waals surface area contributed by atoms with E-state index in [-0.39, 0.29) is 0 Å². The molecule has 0 aliphatic heterocycles. The number of para-hydroxylation sites is 1. The van der Waals surface area contributed by atoms with E-state index < -0.39 is 0 Å². The van der Waals surface area contributed by atoms with Crippen molar-refractivity contribution in [2.24, 2.45) is 0 Å². The van der Waals surface area contributed by atoms with Crippen molar-refractivity contribution in [1.82, 2.24) is 0 Å². The molecule has 0 aliphatic carbocycles. The van der Waals surface area contributed by atoms with Crippen molar-refractivity contribution in [3.05, 3.63) is 51.5 Å². The first-order valence-electron chi connectivity index (χ1n) is 6.04. The van der Waals surface area contributed by atoms with Gasteiger partial charge >= 0.3 is 0 Å². The molecule has 2 aromatic rings. The van der Waals surface area contributed by atoms with E-state index in [1.54, 1.807) is 14.2 Å². The van der Waals surface area contributed by atoms with E-state index in [4.69, 9.17) is 21.1 Å². The number of benzene rings is 2. The molecule has 0 fully saturated rings. The van der Waals surface area contributed by atoms with Crippen molar-refractivity contribution in [3.8, 4) is 11.5 Å². The van der Waals surface area contributed by atoms with Gasteiger partial charge in [-0.15, -0.1) is 0 Å². The Balaban J connectivity index is 2.16. The highest BCUT2D eigenvalue weighted by Crippen LogP contribution is 2.31. The second-order valence-electron chi connectivity index (χ2n) is 4.14. The van der Waals surface area contributed by atoms with Crippen molar-refractivity contribution in [2.75, 3.05) is 19.5 Å². The Hall–Kier alpha value is -1.39. The average molecular weight is 357 g/mol. The van der Waals surface area contributed by atoms with Crippen LogP contribution in [0.5, 0.6) is 11.5 Å². The van der Waals surface area contributed by atoms with Crippen LogP contribution in [0.2, 0.25) is 5.02 Å². The number of ether oxygens (including phenoxy) is 2. The smallest absolute Gasteiger partial charge is 0.165 e. The van der Waals surface area contributed by atoms with Crippen molar-refractivity contribution in [3.63, 3.8) is 0 Å². The van der Waals surface area contributed by atoms with Crippen LogP contribution in [-0.4, -0.2) is 14.2 Å². The van der Waals surface area contributed by atoms with Crippen molar-refractivity contribution in [1.29, 1.82) is 0 Å². The summed E-state index contributed by atoms with van der Waals surface area (Å²) in [5, 5.41) is 3.99. The van der Waals surface area contributed by atoms with Crippen LogP contribution < -0.4 is 14.8 Å². The zero-order valence-electron chi connectivity index (χ0n) is 11.2.